The number of hydrogen-bond donors (Lipinski definition) is 1. The smallest absolute Gasteiger partial charge is 0.159 e. The van der Waals surface area contributed by atoms with Gasteiger partial charge in [0.2, 0.25) is 0 Å². The topological polar surface area (TPSA) is 26.0 Å². The summed E-state index contributed by atoms with van der Waals surface area (Å²) < 4.78 is 25.6. The molecule has 0 bridgehead atoms. The van der Waals surface area contributed by atoms with Crippen molar-refractivity contribution in [3.05, 3.63) is 35.4 Å². The van der Waals surface area contributed by atoms with Gasteiger partial charge in [-0.15, -0.1) is 0 Å². The van der Waals surface area contributed by atoms with Gasteiger partial charge < -0.3 is 5.73 Å². The van der Waals surface area contributed by atoms with Crippen LogP contribution >= 0.6 is 0 Å². The first kappa shape index (κ1) is 9.59. The first-order chi connectivity index (χ1) is 6.37. The van der Waals surface area contributed by atoms with E-state index in [1.165, 1.54) is 6.07 Å². The number of benzene rings is 1. The molecule has 1 aromatic carbocycles. The lowest BCUT2D eigenvalue weighted by Crippen LogP contribution is -2.25. The zero-order valence-corrected chi connectivity index (χ0v) is 8.27. The summed E-state index contributed by atoms with van der Waals surface area (Å²) in [5.74, 6) is -1.65. The van der Waals surface area contributed by atoms with Gasteiger partial charge in [0.05, 0.1) is 0 Å². The molecule has 1 atom stereocenters. The van der Waals surface area contributed by atoms with Crippen molar-refractivity contribution in [2.24, 2.45) is 11.1 Å². The Balaban J connectivity index is 2.40. The van der Waals surface area contributed by atoms with Crippen LogP contribution in [0.3, 0.4) is 0 Å². The molecule has 0 aliphatic heterocycles. The fourth-order valence-corrected chi connectivity index (χ4v) is 1.92. The van der Waals surface area contributed by atoms with E-state index in [9.17, 15) is 8.78 Å². The molecule has 2 N–H and O–H groups in total. The fourth-order valence-electron chi connectivity index (χ4n) is 1.92. The predicted molar refractivity (Wildman–Crippen MR) is 50.6 cm³/mol. The van der Waals surface area contributed by atoms with Crippen LogP contribution in [0.15, 0.2) is 18.2 Å². The highest BCUT2D eigenvalue weighted by Gasteiger charge is 2.59. The average Bonchev–Trinajstić information content (AvgIpc) is 2.58. The standard InChI is InChI=1S/C11H13F2N/c1-10(2)6-11(10,14)7-3-4-8(12)9(13)5-7/h3-5H,6,14H2,1-2H3. The van der Waals surface area contributed by atoms with E-state index in [4.69, 9.17) is 5.73 Å². The maximum Gasteiger partial charge on any atom is 0.159 e. The van der Waals surface area contributed by atoms with E-state index < -0.39 is 17.2 Å². The second kappa shape index (κ2) is 2.54. The summed E-state index contributed by atoms with van der Waals surface area (Å²) in [6, 6.07) is 3.89. The molecule has 0 saturated heterocycles. The second-order valence-electron chi connectivity index (χ2n) is 4.66. The normalized spacial score (nSPS) is 28.9. The lowest BCUT2D eigenvalue weighted by Gasteiger charge is -2.15. The Kier molecular flexibility index (Phi) is 1.74. The molecule has 1 saturated carbocycles. The van der Waals surface area contributed by atoms with Crippen LogP contribution in [-0.4, -0.2) is 0 Å². The number of halogens is 2. The predicted octanol–water partition coefficient (Wildman–Crippen LogP) is 2.55. The molecule has 14 heavy (non-hydrogen) atoms. The number of nitrogens with two attached hydrogens (primary N) is 1. The third-order valence-corrected chi connectivity index (χ3v) is 3.24. The molecule has 1 fully saturated rings. The molecule has 1 nitrogen and oxygen atoms in total. The van der Waals surface area contributed by atoms with Gasteiger partial charge in [-0.3, -0.25) is 0 Å². The van der Waals surface area contributed by atoms with Gasteiger partial charge in [-0.25, -0.2) is 8.78 Å². The molecule has 0 amide bonds. The lowest BCUT2D eigenvalue weighted by atomic mass is 9.97. The van der Waals surface area contributed by atoms with Crippen LogP contribution in [0.1, 0.15) is 25.8 Å². The monoisotopic (exact) mass is 197 g/mol. The zero-order valence-electron chi connectivity index (χ0n) is 8.27. The van der Waals surface area contributed by atoms with Crippen molar-refractivity contribution >= 4 is 0 Å². The van der Waals surface area contributed by atoms with E-state index in [-0.39, 0.29) is 5.41 Å². The first-order valence-corrected chi connectivity index (χ1v) is 4.61. The van der Waals surface area contributed by atoms with Crippen molar-refractivity contribution in [1.29, 1.82) is 0 Å². The molecule has 0 heterocycles. The molecule has 0 aromatic heterocycles. The highest BCUT2D eigenvalue weighted by atomic mass is 19.2. The van der Waals surface area contributed by atoms with Crippen LogP contribution in [0.5, 0.6) is 0 Å². The lowest BCUT2D eigenvalue weighted by molar-refractivity contribution is 0.486. The van der Waals surface area contributed by atoms with Crippen molar-refractivity contribution in [2.75, 3.05) is 0 Å². The summed E-state index contributed by atoms with van der Waals surface area (Å²) in [5, 5.41) is 0. The maximum atomic E-state index is 13.0. The molecule has 76 valence electrons. The Hall–Kier alpha value is -0.960. The third-order valence-electron chi connectivity index (χ3n) is 3.24. The van der Waals surface area contributed by atoms with E-state index in [1.807, 2.05) is 13.8 Å². The minimum absolute atomic E-state index is 0.0166. The van der Waals surface area contributed by atoms with Gasteiger partial charge in [0.15, 0.2) is 11.6 Å². The molecular formula is C11H13F2N. The van der Waals surface area contributed by atoms with Crippen LogP contribution in [0.2, 0.25) is 0 Å². The van der Waals surface area contributed by atoms with Crippen molar-refractivity contribution < 1.29 is 8.78 Å². The largest absolute Gasteiger partial charge is 0.321 e. The van der Waals surface area contributed by atoms with Crippen LogP contribution < -0.4 is 5.73 Å². The summed E-state index contributed by atoms with van der Waals surface area (Å²) in [4.78, 5) is 0. The van der Waals surface area contributed by atoms with Gasteiger partial charge in [-0.1, -0.05) is 19.9 Å². The molecule has 0 radical (unpaired) electrons. The molecule has 1 aliphatic carbocycles. The Morgan fingerprint density at radius 2 is 1.79 bits per heavy atom. The molecule has 2 rings (SSSR count). The molecule has 0 spiro atoms. The van der Waals surface area contributed by atoms with E-state index in [1.54, 1.807) is 6.07 Å². The average molecular weight is 197 g/mol. The highest BCUT2D eigenvalue weighted by molar-refractivity contribution is 5.35. The first-order valence-electron chi connectivity index (χ1n) is 4.61. The van der Waals surface area contributed by atoms with Crippen LogP contribution in [0, 0.1) is 17.0 Å². The highest BCUT2D eigenvalue weighted by Crippen LogP contribution is 2.60. The van der Waals surface area contributed by atoms with Crippen molar-refractivity contribution in [2.45, 2.75) is 25.8 Å². The van der Waals surface area contributed by atoms with Gasteiger partial charge in [-0.05, 0) is 29.5 Å². The van der Waals surface area contributed by atoms with Crippen LogP contribution in [0.25, 0.3) is 0 Å². The van der Waals surface area contributed by atoms with Crippen molar-refractivity contribution in [1.82, 2.24) is 0 Å². The Labute approximate surface area is 81.9 Å². The Morgan fingerprint density at radius 3 is 2.21 bits per heavy atom. The molecule has 1 aliphatic rings. The van der Waals surface area contributed by atoms with Gasteiger partial charge in [-0.2, -0.15) is 0 Å². The van der Waals surface area contributed by atoms with Gasteiger partial charge in [0.1, 0.15) is 0 Å². The summed E-state index contributed by atoms with van der Waals surface area (Å²) in [6.45, 7) is 4.04. The van der Waals surface area contributed by atoms with Crippen molar-refractivity contribution in [3.8, 4) is 0 Å². The summed E-state index contributed by atoms with van der Waals surface area (Å²) in [6.07, 6.45) is 0.811. The molecule has 1 aromatic rings. The van der Waals surface area contributed by atoms with Crippen LogP contribution in [-0.2, 0) is 5.54 Å². The van der Waals surface area contributed by atoms with Crippen molar-refractivity contribution in [3.63, 3.8) is 0 Å². The second-order valence-corrected chi connectivity index (χ2v) is 4.66. The minimum atomic E-state index is -0.824. The van der Waals surface area contributed by atoms with Gasteiger partial charge in [0.25, 0.3) is 0 Å². The van der Waals surface area contributed by atoms with Gasteiger partial charge >= 0.3 is 0 Å². The minimum Gasteiger partial charge on any atom is -0.321 e. The molecular weight excluding hydrogens is 184 g/mol. The maximum absolute atomic E-state index is 13.0. The number of rotatable bonds is 1. The van der Waals surface area contributed by atoms with E-state index in [2.05, 4.69) is 0 Å². The van der Waals surface area contributed by atoms with E-state index in [0.717, 1.165) is 12.5 Å². The van der Waals surface area contributed by atoms with E-state index >= 15 is 0 Å². The molecule has 1 unspecified atom stereocenters. The fraction of sp³-hybridized carbons (Fsp3) is 0.455. The SMILES string of the molecule is CC1(C)CC1(N)c1ccc(F)c(F)c1. The Bertz CT molecular complexity index is 387. The van der Waals surface area contributed by atoms with Crippen LogP contribution in [0.4, 0.5) is 8.78 Å². The summed E-state index contributed by atoms with van der Waals surface area (Å²) >= 11 is 0. The Morgan fingerprint density at radius 1 is 1.21 bits per heavy atom. The summed E-state index contributed by atoms with van der Waals surface area (Å²) in [7, 11) is 0. The summed E-state index contributed by atoms with van der Waals surface area (Å²) in [5.41, 5.74) is 6.26. The quantitative estimate of drug-likeness (QED) is 0.735. The third kappa shape index (κ3) is 1.16. The van der Waals surface area contributed by atoms with Gasteiger partial charge in [0, 0.05) is 5.54 Å². The number of hydrogen-bond acceptors (Lipinski definition) is 1. The zero-order chi connectivity index (χ0) is 10.6. The van der Waals surface area contributed by atoms with E-state index in [0.29, 0.717) is 5.56 Å². The molecule has 3 heteroatoms.